The van der Waals surface area contributed by atoms with Gasteiger partial charge in [-0.25, -0.2) is 4.39 Å². The van der Waals surface area contributed by atoms with Gasteiger partial charge in [-0.05, 0) is 24.6 Å². The molecule has 20 heavy (non-hydrogen) atoms. The molecule has 0 spiro atoms. The minimum absolute atomic E-state index is 0.161. The van der Waals surface area contributed by atoms with Gasteiger partial charge >= 0.3 is 0 Å². The van der Waals surface area contributed by atoms with Crippen LogP contribution in [0, 0.1) is 12.7 Å². The Morgan fingerprint density at radius 3 is 2.70 bits per heavy atom. The molecule has 0 unspecified atom stereocenters. The third-order valence-electron chi connectivity index (χ3n) is 2.85. The van der Waals surface area contributed by atoms with Gasteiger partial charge in [0.2, 0.25) is 0 Å². The van der Waals surface area contributed by atoms with Gasteiger partial charge in [0.15, 0.2) is 12.4 Å². The van der Waals surface area contributed by atoms with Crippen molar-refractivity contribution < 1.29 is 18.7 Å². The number of ether oxygens (including phenoxy) is 1. The highest BCUT2D eigenvalue weighted by molar-refractivity contribution is 5.98. The second-order valence-electron chi connectivity index (χ2n) is 4.36. The van der Waals surface area contributed by atoms with Crippen LogP contribution in [0.1, 0.15) is 26.3 Å². The summed E-state index contributed by atoms with van der Waals surface area (Å²) in [7, 11) is 0. The molecule has 0 radical (unpaired) electrons. The van der Waals surface area contributed by atoms with Gasteiger partial charge in [0.25, 0.3) is 0 Å². The van der Waals surface area contributed by atoms with Gasteiger partial charge in [0.05, 0.1) is 0 Å². The molecular formula is C16H13FO3. The van der Waals surface area contributed by atoms with Gasteiger partial charge in [-0.1, -0.05) is 24.3 Å². The Balaban J connectivity index is 2.09. The molecule has 0 aliphatic heterocycles. The van der Waals surface area contributed by atoms with E-state index in [0.717, 1.165) is 17.7 Å². The van der Waals surface area contributed by atoms with Crippen LogP contribution in [0.4, 0.5) is 4.39 Å². The van der Waals surface area contributed by atoms with Gasteiger partial charge in [-0.3, -0.25) is 9.59 Å². The van der Waals surface area contributed by atoms with Crippen molar-refractivity contribution in [2.75, 3.05) is 6.61 Å². The number of Topliss-reactive ketones (excluding diaryl/α,β-unsaturated/α-hetero) is 1. The van der Waals surface area contributed by atoms with Crippen LogP contribution in [0.2, 0.25) is 0 Å². The summed E-state index contributed by atoms with van der Waals surface area (Å²) in [4.78, 5) is 22.6. The second-order valence-corrected chi connectivity index (χ2v) is 4.36. The molecule has 0 amide bonds. The molecule has 102 valence electrons. The van der Waals surface area contributed by atoms with Crippen LogP contribution in [0.15, 0.2) is 42.5 Å². The number of rotatable bonds is 5. The molecule has 0 aromatic heterocycles. The Morgan fingerprint density at radius 1 is 1.25 bits per heavy atom. The highest BCUT2D eigenvalue weighted by Gasteiger charge is 2.10. The third kappa shape index (κ3) is 3.29. The predicted octanol–water partition coefficient (Wildman–Crippen LogP) is 3.21. The lowest BCUT2D eigenvalue weighted by Gasteiger charge is -2.08. The summed E-state index contributed by atoms with van der Waals surface area (Å²) in [6.45, 7) is 1.63. The van der Waals surface area contributed by atoms with E-state index in [1.54, 1.807) is 12.1 Å². The number of aldehydes is 1. The van der Waals surface area contributed by atoms with Crippen molar-refractivity contribution in [3.05, 3.63) is 65.0 Å². The second kappa shape index (κ2) is 6.10. The standard InChI is InChI=1S/C16H13FO3/c1-11-4-2-3-5-15(11)16(19)10-20-14-7-12(9-18)6-13(17)8-14/h2-9H,10H2,1H3. The lowest BCUT2D eigenvalue weighted by Crippen LogP contribution is -2.13. The van der Waals surface area contributed by atoms with Crippen LogP contribution in [-0.2, 0) is 0 Å². The van der Waals surface area contributed by atoms with Crippen molar-refractivity contribution >= 4 is 12.1 Å². The summed E-state index contributed by atoms with van der Waals surface area (Å²) >= 11 is 0. The van der Waals surface area contributed by atoms with Gasteiger partial charge in [-0.2, -0.15) is 0 Å². The first-order chi connectivity index (χ1) is 9.60. The molecule has 0 fully saturated rings. The summed E-state index contributed by atoms with van der Waals surface area (Å²) in [6.07, 6.45) is 0.527. The van der Waals surface area contributed by atoms with Gasteiger partial charge in [0.1, 0.15) is 17.9 Å². The SMILES string of the molecule is Cc1ccccc1C(=O)COc1cc(F)cc(C=O)c1. The predicted molar refractivity (Wildman–Crippen MR) is 72.8 cm³/mol. The maximum absolute atomic E-state index is 13.2. The first-order valence-corrected chi connectivity index (χ1v) is 6.07. The van der Waals surface area contributed by atoms with Gasteiger partial charge < -0.3 is 4.74 Å². The van der Waals surface area contributed by atoms with Gasteiger partial charge in [-0.15, -0.1) is 0 Å². The van der Waals surface area contributed by atoms with Crippen LogP contribution in [0.3, 0.4) is 0 Å². The van der Waals surface area contributed by atoms with Crippen molar-refractivity contribution in [3.8, 4) is 5.75 Å². The fourth-order valence-electron chi connectivity index (χ4n) is 1.85. The van der Waals surface area contributed by atoms with E-state index < -0.39 is 5.82 Å². The number of benzene rings is 2. The number of carbonyl (C=O) groups is 2. The van der Waals surface area contributed by atoms with E-state index in [1.807, 2.05) is 19.1 Å². The molecule has 0 saturated carbocycles. The van der Waals surface area contributed by atoms with Gasteiger partial charge in [0, 0.05) is 17.2 Å². The normalized spacial score (nSPS) is 10.1. The Kier molecular flexibility index (Phi) is 4.25. The summed E-state index contributed by atoms with van der Waals surface area (Å²) in [6, 6.07) is 10.8. The van der Waals surface area contributed by atoms with Crippen molar-refractivity contribution in [2.45, 2.75) is 6.92 Å². The van der Waals surface area contributed by atoms with Crippen LogP contribution < -0.4 is 4.74 Å². The Bertz CT molecular complexity index is 650. The number of ketones is 1. The minimum Gasteiger partial charge on any atom is -0.485 e. The van der Waals surface area contributed by atoms with Crippen molar-refractivity contribution in [3.63, 3.8) is 0 Å². The molecule has 0 heterocycles. The smallest absolute Gasteiger partial charge is 0.200 e. The molecule has 0 aliphatic rings. The number of hydrogen-bond donors (Lipinski definition) is 0. The van der Waals surface area contributed by atoms with E-state index in [9.17, 15) is 14.0 Å². The summed E-state index contributed by atoms with van der Waals surface area (Å²) in [5, 5.41) is 0. The first kappa shape index (κ1) is 13.9. The molecular weight excluding hydrogens is 259 g/mol. The van der Waals surface area contributed by atoms with Crippen LogP contribution in [0.25, 0.3) is 0 Å². The zero-order valence-electron chi connectivity index (χ0n) is 10.9. The molecule has 4 heteroatoms. The largest absolute Gasteiger partial charge is 0.485 e. The number of halogens is 1. The molecule has 0 saturated heterocycles. The summed E-state index contributed by atoms with van der Waals surface area (Å²) in [5.41, 5.74) is 1.59. The van der Waals surface area contributed by atoms with E-state index >= 15 is 0 Å². The fourth-order valence-corrected chi connectivity index (χ4v) is 1.85. The highest BCUT2D eigenvalue weighted by Crippen LogP contribution is 2.16. The highest BCUT2D eigenvalue weighted by atomic mass is 19.1. The van der Waals surface area contributed by atoms with E-state index in [1.165, 1.54) is 6.07 Å². The van der Waals surface area contributed by atoms with Crippen molar-refractivity contribution in [2.24, 2.45) is 0 Å². The Morgan fingerprint density at radius 2 is 2.00 bits per heavy atom. The number of hydrogen-bond acceptors (Lipinski definition) is 3. The minimum atomic E-state index is -0.576. The number of aryl methyl sites for hydroxylation is 1. The average Bonchev–Trinajstić information content (AvgIpc) is 2.44. The molecule has 0 N–H and O–H groups in total. The van der Waals surface area contributed by atoms with Crippen molar-refractivity contribution in [1.82, 2.24) is 0 Å². The van der Waals surface area contributed by atoms with E-state index in [4.69, 9.17) is 4.74 Å². The van der Waals surface area contributed by atoms with Crippen LogP contribution >= 0.6 is 0 Å². The third-order valence-corrected chi connectivity index (χ3v) is 2.85. The first-order valence-electron chi connectivity index (χ1n) is 6.07. The summed E-state index contributed by atoms with van der Waals surface area (Å²) < 4.78 is 18.5. The molecule has 2 rings (SSSR count). The number of carbonyl (C=O) groups excluding carboxylic acids is 2. The summed E-state index contributed by atoms with van der Waals surface area (Å²) in [5.74, 6) is -0.609. The van der Waals surface area contributed by atoms with Crippen LogP contribution in [-0.4, -0.2) is 18.7 Å². The zero-order chi connectivity index (χ0) is 14.5. The van der Waals surface area contributed by atoms with E-state index in [0.29, 0.717) is 11.8 Å². The van der Waals surface area contributed by atoms with E-state index in [2.05, 4.69) is 0 Å². The topological polar surface area (TPSA) is 43.4 Å². The van der Waals surface area contributed by atoms with Crippen LogP contribution in [0.5, 0.6) is 5.75 Å². The zero-order valence-corrected chi connectivity index (χ0v) is 10.9. The molecule has 0 atom stereocenters. The lowest BCUT2D eigenvalue weighted by atomic mass is 10.1. The molecule has 0 aliphatic carbocycles. The molecule has 2 aromatic carbocycles. The fraction of sp³-hybridized carbons (Fsp3) is 0.125. The Hall–Kier alpha value is -2.49. The van der Waals surface area contributed by atoms with E-state index in [-0.39, 0.29) is 23.7 Å². The Labute approximate surface area is 116 Å². The maximum Gasteiger partial charge on any atom is 0.200 e. The molecule has 3 nitrogen and oxygen atoms in total. The molecule has 2 aromatic rings. The molecule has 0 bridgehead atoms. The average molecular weight is 272 g/mol. The lowest BCUT2D eigenvalue weighted by molar-refractivity contribution is 0.0920. The quantitative estimate of drug-likeness (QED) is 0.620. The van der Waals surface area contributed by atoms with Crippen molar-refractivity contribution in [1.29, 1.82) is 0 Å². The maximum atomic E-state index is 13.2. The monoisotopic (exact) mass is 272 g/mol.